The van der Waals surface area contributed by atoms with Crippen molar-refractivity contribution in [3.05, 3.63) is 35.0 Å². The summed E-state index contributed by atoms with van der Waals surface area (Å²) in [5.74, 6) is -3.60. The Morgan fingerprint density at radius 1 is 1.45 bits per heavy atom. The molecule has 2 amide bonds. The molecule has 0 aliphatic carbocycles. The number of hydrogen-bond donors (Lipinski definition) is 4. The van der Waals surface area contributed by atoms with E-state index in [2.05, 4.69) is 37.6 Å². The van der Waals surface area contributed by atoms with Gasteiger partial charge in [-0.25, -0.2) is 19.3 Å². The minimum Gasteiger partial charge on any atom is -0.479 e. The highest BCUT2D eigenvalue weighted by atomic mass is 32.2. The van der Waals surface area contributed by atoms with E-state index in [1.165, 1.54) is 24.3 Å². The summed E-state index contributed by atoms with van der Waals surface area (Å²) in [5.41, 5.74) is 5.80. The van der Waals surface area contributed by atoms with Gasteiger partial charge in [0.25, 0.3) is 11.8 Å². The number of amides is 2. The number of tetrazole rings is 1. The number of nitrogens with two attached hydrogens (primary N) is 1. The van der Waals surface area contributed by atoms with Crippen molar-refractivity contribution in [2.24, 2.45) is 5.16 Å². The second-order valence-corrected chi connectivity index (χ2v) is 10.5. The Kier molecular flexibility index (Phi) is 7.97. The number of hydrogen-bond acceptors (Lipinski definition) is 14. The summed E-state index contributed by atoms with van der Waals surface area (Å²) in [5, 5.41) is 37.6. The van der Waals surface area contributed by atoms with Crippen molar-refractivity contribution >= 4 is 69.5 Å². The van der Waals surface area contributed by atoms with Crippen LogP contribution in [0.2, 0.25) is 0 Å². The Hall–Kier alpha value is -3.97. The lowest BCUT2D eigenvalue weighted by atomic mass is 10.0. The predicted octanol–water partition coefficient (Wildman–Crippen LogP) is -0.595. The molecule has 200 valence electrons. The largest absolute Gasteiger partial charge is 0.479 e. The van der Waals surface area contributed by atoms with Gasteiger partial charge < -0.3 is 26.1 Å². The fourth-order valence-corrected chi connectivity index (χ4v) is 6.55. The zero-order chi connectivity index (χ0) is 27.6. The number of nitrogens with one attached hydrogen (secondary N) is 1. The molecule has 2 aliphatic rings. The van der Waals surface area contributed by atoms with Gasteiger partial charge in [-0.1, -0.05) is 23.0 Å². The number of thioether (sulfide) groups is 2. The molecule has 2 unspecified atom stereocenters. The average molecular weight is 582 g/mol. The lowest BCUT2D eigenvalue weighted by molar-refractivity contribution is -0.150. The molecule has 19 heteroatoms. The fraction of sp³-hybridized carbons (Fsp3) is 0.316. The minimum atomic E-state index is -1.32. The molecule has 0 aromatic carbocycles. The summed E-state index contributed by atoms with van der Waals surface area (Å²) < 4.78 is 1.05. The molecule has 2 aromatic heterocycles. The maximum absolute atomic E-state index is 13.0. The molecule has 4 heterocycles. The van der Waals surface area contributed by atoms with Crippen molar-refractivity contribution in [3.63, 3.8) is 0 Å². The first-order chi connectivity index (χ1) is 18.2. The van der Waals surface area contributed by atoms with E-state index in [1.54, 1.807) is 0 Å². The second-order valence-electron chi connectivity index (χ2n) is 7.53. The number of carbonyl (C=O) groups excluding carboxylic acids is 2. The van der Waals surface area contributed by atoms with Crippen LogP contribution < -0.4 is 11.1 Å². The van der Waals surface area contributed by atoms with E-state index in [0.29, 0.717) is 5.57 Å². The lowest BCUT2D eigenvalue weighted by Crippen LogP contribution is -2.71. The third-order valence-corrected chi connectivity index (χ3v) is 8.31. The number of aromatic nitrogens is 5. The summed E-state index contributed by atoms with van der Waals surface area (Å²) in [6.45, 7) is 3.47. The number of thiazole rings is 1. The van der Waals surface area contributed by atoms with Crippen LogP contribution in [0.3, 0.4) is 0 Å². The van der Waals surface area contributed by atoms with Crippen molar-refractivity contribution in [2.75, 3.05) is 24.3 Å². The van der Waals surface area contributed by atoms with Gasteiger partial charge in [0, 0.05) is 16.9 Å². The lowest BCUT2D eigenvalue weighted by Gasteiger charge is -2.49. The number of carboxylic acids is 2. The average Bonchev–Trinajstić information content (AvgIpc) is 3.52. The molecule has 38 heavy (non-hydrogen) atoms. The van der Waals surface area contributed by atoms with Crippen molar-refractivity contribution in [3.8, 4) is 0 Å². The topological polar surface area (TPSA) is 228 Å². The molecule has 0 spiro atoms. The van der Waals surface area contributed by atoms with E-state index in [1.807, 2.05) is 0 Å². The zero-order valence-corrected chi connectivity index (χ0v) is 21.8. The van der Waals surface area contributed by atoms with Gasteiger partial charge in [-0.2, -0.15) is 0 Å². The molecule has 1 fully saturated rings. The van der Waals surface area contributed by atoms with E-state index in [4.69, 9.17) is 10.6 Å². The van der Waals surface area contributed by atoms with Crippen molar-refractivity contribution in [2.45, 2.75) is 22.6 Å². The smallest absolute Gasteiger partial charge is 0.352 e. The molecule has 5 N–H and O–H groups in total. The van der Waals surface area contributed by atoms with Gasteiger partial charge in [0.15, 0.2) is 16.9 Å². The Balaban J connectivity index is 1.50. The summed E-state index contributed by atoms with van der Waals surface area (Å²) in [7, 11) is 1.25. The fourth-order valence-electron chi connectivity index (χ4n) is 3.61. The van der Waals surface area contributed by atoms with E-state index in [9.17, 15) is 29.4 Å². The molecular weight excluding hydrogens is 562 g/mol. The van der Waals surface area contributed by atoms with Crippen LogP contribution in [0.4, 0.5) is 5.13 Å². The van der Waals surface area contributed by atoms with E-state index in [0.717, 1.165) is 38.8 Å². The van der Waals surface area contributed by atoms with E-state index in [-0.39, 0.29) is 38.9 Å². The normalized spacial score (nSPS) is 19.9. The Morgan fingerprint density at radius 2 is 2.21 bits per heavy atom. The third kappa shape index (κ3) is 5.07. The quantitative estimate of drug-likeness (QED) is 0.0854. The molecule has 16 nitrogen and oxygen atoms in total. The van der Waals surface area contributed by atoms with Crippen molar-refractivity contribution < 1.29 is 34.2 Å². The van der Waals surface area contributed by atoms with E-state index >= 15 is 0 Å². The summed E-state index contributed by atoms with van der Waals surface area (Å²) in [6.07, 6.45) is 1.16. The second kappa shape index (κ2) is 11.2. The maximum Gasteiger partial charge on any atom is 0.352 e. The van der Waals surface area contributed by atoms with Crippen LogP contribution in [-0.2, 0) is 24.0 Å². The van der Waals surface area contributed by atoms with Gasteiger partial charge in [0.1, 0.15) is 29.9 Å². The molecule has 2 aromatic rings. The number of rotatable bonds is 11. The van der Waals surface area contributed by atoms with Gasteiger partial charge in [-0.15, -0.1) is 34.8 Å². The maximum atomic E-state index is 13.0. The third-order valence-electron chi connectivity index (χ3n) is 5.28. The highest BCUT2D eigenvalue weighted by Crippen LogP contribution is 2.41. The Labute approximate surface area is 226 Å². The van der Waals surface area contributed by atoms with Crippen molar-refractivity contribution in [1.82, 2.24) is 35.4 Å². The van der Waals surface area contributed by atoms with Gasteiger partial charge in [0.05, 0.1) is 0 Å². The Bertz CT molecular complexity index is 1370. The number of fused-ring (bicyclic) bond motifs is 1. The number of carbonyl (C=O) groups is 4. The Morgan fingerprint density at radius 3 is 2.82 bits per heavy atom. The number of nitrogens with zero attached hydrogens (tertiary/aromatic N) is 7. The van der Waals surface area contributed by atoms with Crippen LogP contribution in [0.1, 0.15) is 11.7 Å². The van der Waals surface area contributed by atoms with Gasteiger partial charge in [-0.05, 0) is 16.0 Å². The first-order valence-corrected chi connectivity index (χ1v) is 13.4. The van der Waals surface area contributed by atoms with Crippen LogP contribution in [0.5, 0.6) is 0 Å². The number of nitrogen functional groups attached to an aromatic ring is 1. The van der Waals surface area contributed by atoms with Crippen LogP contribution in [0.15, 0.2) is 39.6 Å². The number of aliphatic carboxylic acids is 2. The van der Waals surface area contributed by atoms with Gasteiger partial charge in [-0.3, -0.25) is 14.5 Å². The summed E-state index contributed by atoms with van der Waals surface area (Å²) in [6, 6.07) is -2.22. The molecule has 3 atom stereocenters. The van der Waals surface area contributed by atoms with Gasteiger partial charge in [0.2, 0.25) is 5.16 Å². The molecule has 0 radical (unpaired) electrons. The number of anilines is 1. The first-order valence-electron chi connectivity index (χ1n) is 10.5. The zero-order valence-electron chi connectivity index (χ0n) is 19.4. The molecule has 1 saturated heterocycles. The van der Waals surface area contributed by atoms with Crippen LogP contribution in [-0.4, -0.2) is 99.8 Å². The van der Waals surface area contributed by atoms with E-state index < -0.39 is 41.2 Å². The first kappa shape index (κ1) is 27.1. The van der Waals surface area contributed by atoms with Gasteiger partial charge >= 0.3 is 11.9 Å². The summed E-state index contributed by atoms with van der Waals surface area (Å²) >= 11 is 3.38. The van der Waals surface area contributed by atoms with Crippen molar-refractivity contribution in [1.29, 1.82) is 0 Å². The number of β-lactam (4-membered cyclic amide) rings is 1. The summed E-state index contributed by atoms with van der Waals surface area (Å²) in [4.78, 5) is 59.2. The van der Waals surface area contributed by atoms with Crippen LogP contribution in [0, 0.1) is 0 Å². The standard InChI is InChI=1S/C19H19N9O7S3/c1-3-9(16(31)32)28-19(23-25-26-28)38-5-7-4-36-15-11(14(30)27(15)12(7)17(33)34)22-13(29)10(24-35-2)8-6-37-18(20)21-8/h3,6,9,11,15H,1,4-5H2,2H3,(H2,20,21)(H,22,29)(H,31,32)(H,33,34)/t9?,11?,15-/m0/s1. The highest BCUT2D eigenvalue weighted by molar-refractivity contribution is 8.01. The molecule has 0 saturated carbocycles. The monoisotopic (exact) mass is 581 g/mol. The number of oxime groups is 1. The molecular formula is C19H19N9O7S3. The highest BCUT2D eigenvalue weighted by Gasteiger charge is 2.54. The SMILES string of the molecule is C=CC(C(=O)O)n1nnnc1SCC1=C(C(=O)O)N2C(=O)C(NC(=O)C(=NOC)c3csc(N)n3)[C@@H]2SC1. The number of carboxylic acid groups (broad SMARTS) is 2. The van der Waals surface area contributed by atoms with Crippen LogP contribution >= 0.6 is 34.9 Å². The minimum absolute atomic E-state index is 0.0713. The predicted molar refractivity (Wildman–Crippen MR) is 135 cm³/mol. The molecule has 2 aliphatic heterocycles. The molecule has 0 bridgehead atoms. The van der Waals surface area contributed by atoms with Crippen LogP contribution in [0.25, 0.3) is 0 Å². The molecule has 4 rings (SSSR count).